The Morgan fingerprint density at radius 3 is 2.38 bits per heavy atom. The molecule has 0 aliphatic heterocycles. The highest BCUT2D eigenvalue weighted by Crippen LogP contribution is 2.20. The van der Waals surface area contributed by atoms with E-state index in [0.29, 0.717) is 24.1 Å². The van der Waals surface area contributed by atoms with Crippen molar-refractivity contribution in [2.75, 3.05) is 12.9 Å². The van der Waals surface area contributed by atoms with Gasteiger partial charge in [-0.15, -0.1) is 0 Å². The number of sulfone groups is 1. The minimum atomic E-state index is -3.19. The zero-order chi connectivity index (χ0) is 15.5. The van der Waals surface area contributed by atoms with E-state index in [1.54, 1.807) is 36.7 Å². The lowest BCUT2D eigenvalue weighted by Crippen LogP contribution is -2.06. The number of ether oxygens (including phenoxy) is 1. The Hall–Kier alpha value is -1.95. The lowest BCUT2D eigenvalue weighted by Gasteiger charge is -2.08. The number of hydrogen-bond acceptors (Lipinski definition) is 5. The molecule has 1 aromatic carbocycles. The fourth-order valence-electron chi connectivity index (χ4n) is 1.68. The van der Waals surface area contributed by atoms with E-state index in [9.17, 15) is 8.42 Å². The van der Waals surface area contributed by atoms with Crippen molar-refractivity contribution in [1.82, 2.24) is 9.97 Å². The summed E-state index contributed by atoms with van der Waals surface area (Å²) in [6, 6.07) is 6.56. The van der Waals surface area contributed by atoms with Crippen LogP contribution in [0.25, 0.3) is 11.3 Å². The van der Waals surface area contributed by atoms with Gasteiger partial charge in [-0.1, -0.05) is 26.0 Å². The molecule has 0 aliphatic rings. The molecule has 0 fully saturated rings. The SMILES string of the molecule is CC(C)COc1cncc(-c2ccc(S(C)(=O)=O)cc2)n1. The highest BCUT2D eigenvalue weighted by Gasteiger charge is 2.08. The summed E-state index contributed by atoms with van der Waals surface area (Å²) in [4.78, 5) is 8.76. The molecule has 5 nitrogen and oxygen atoms in total. The standard InChI is InChI=1S/C15H18N2O3S/c1-11(2)10-20-15-9-16-8-14(17-15)12-4-6-13(7-5-12)21(3,18)19/h4-9,11H,10H2,1-3H3. The second-order valence-corrected chi connectivity index (χ2v) is 7.26. The Morgan fingerprint density at radius 1 is 1.14 bits per heavy atom. The summed E-state index contributed by atoms with van der Waals surface area (Å²) < 4.78 is 28.4. The van der Waals surface area contributed by atoms with E-state index < -0.39 is 9.84 Å². The van der Waals surface area contributed by atoms with Gasteiger partial charge in [0.2, 0.25) is 5.88 Å². The monoisotopic (exact) mass is 306 g/mol. The number of nitrogens with zero attached hydrogens (tertiary/aromatic N) is 2. The molecule has 6 heteroatoms. The molecule has 0 spiro atoms. The number of aromatic nitrogens is 2. The molecular weight excluding hydrogens is 288 g/mol. The molecule has 0 bridgehead atoms. The first-order valence-corrected chi connectivity index (χ1v) is 8.51. The third-order valence-corrected chi connectivity index (χ3v) is 3.88. The van der Waals surface area contributed by atoms with E-state index in [-0.39, 0.29) is 4.90 Å². The number of hydrogen-bond donors (Lipinski definition) is 0. The van der Waals surface area contributed by atoms with Crippen molar-refractivity contribution >= 4 is 9.84 Å². The smallest absolute Gasteiger partial charge is 0.232 e. The lowest BCUT2D eigenvalue weighted by atomic mass is 10.2. The summed E-state index contributed by atoms with van der Waals surface area (Å²) in [7, 11) is -3.19. The maximum Gasteiger partial charge on any atom is 0.232 e. The van der Waals surface area contributed by atoms with Gasteiger partial charge >= 0.3 is 0 Å². The van der Waals surface area contributed by atoms with Crippen LogP contribution in [0.2, 0.25) is 0 Å². The predicted molar refractivity (Wildman–Crippen MR) is 80.9 cm³/mol. The largest absolute Gasteiger partial charge is 0.476 e. The molecule has 2 aromatic rings. The van der Waals surface area contributed by atoms with Crippen molar-refractivity contribution in [3.63, 3.8) is 0 Å². The maximum absolute atomic E-state index is 11.4. The molecule has 0 atom stereocenters. The Morgan fingerprint density at radius 2 is 1.81 bits per heavy atom. The fraction of sp³-hybridized carbons (Fsp3) is 0.333. The second kappa shape index (κ2) is 6.22. The Kier molecular flexibility index (Phi) is 4.57. The molecule has 0 radical (unpaired) electrons. The molecule has 0 aliphatic carbocycles. The van der Waals surface area contributed by atoms with E-state index in [0.717, 1.165) is 5.56 Å². The van der Waals surface area contributed by atoms with Gasteiger partial charge in [0.25, 0.3) is 0 Å². The molecule has 0 unspecified atom stereocenters. The highest BCUT2D eigenvalue weighted by molar-refractivity contribution is 7.90. The van der Waals surface area contributed by atoms with Crippen LogP contribution < -0.4 is 4.74 Å². The first-order valence-electron chi connectivity index (χ1n) is 6.61. The Bertz CT molecular complexity index is 710. The summed E-state index contributed by atoms with van der Waals surface area (Å²) in [5.41, 5.74) is 1.45. The average molecular weight is 306 g/mol. The van der Waals surface area contributed by atoms with E-state index in [1.165, 1.54) is 6.26 Å². The van der Waals surface area contributed by atoms with Gasteiger partial charge in [0.15, 0.2) is 9.84 Å². The first-order chi connectivity index (χ1) is 9.86. The minimum absolute atomic E-state index is 0.284. The minimum Gasteiger partial charge on any atom is -0.476 e. The third kappa shape index (κ3) is 4.26. The van der Waals surface area contributed by atoms with E-state index >= 15 is 0 Å². The van der Waals surface area contributed by atoms with Gasteiger partial charge < -0.3 is 4.74 Å². The summed E-state index contributed by atoms with van der Waals surface area (Å²) in [6.07, 6.45) is 4.37. The Labute approximate surface area is 124 Å². The molecule has 1 heterocycles. The zero-order valence-corrected chi connectivity index (χ0v) is 13.1. The Balaban J connectivity index is 2.24. The maximum atomic E-state index is 11.4. The van der Waals surface area contributed by atoms with Crippen LogP contribution in [0.4, 0.5) is 0 Å². The van der Waals surface area contributed by atoms with Gasteiger partial charge in [-0.3, -0.25) is 4.98 Å². The predicted octanol–water partition coefficient (Wildman–Crippen LogP) is 2.58. The normalized spacial score (nSPS) is 11.6. The first kappa shape index (κ1) is 15.4. The van der Waals surface area contributed by atoms with E-state index in [1.807, 2.05) is 0 Å². The quantitative estimate of drug-likeness (QED) is 0.849. The second-order valence-electron chi connectivity index (χ2n) is 5.24. The van der Waals surface area contributed by atoms with Crippen LogP contribution in [-0.4, -0.2) is 31.2 Å². The van der Waals surface area contributed by atoms with Crippen molar-refractivity contribution in [2.24, 2.45) is 5.92 Å². The van der Waals surface area contributed by atoms with Gasteiger partial charge in [-0.05, 0) is 18.1 Å². The van der Waals surface area contributed by atoms with Crippen molar-refractivity contribution < 1.29 is 13.2 Å². The molecule has 0 amide bonds. The summed E-state index contributed by atoms with van der Waals surface area (Å²) in [5, 5.41) is 0. The van der Waals surface area contributed by atoms with Gasteiger partial charge in [-0.25, -0.2) is 13.4 Å². The third-order valence-electron chi connectivity index (χ3n) is 2.76. The average Bonchev–Trinajstić information content (AvgIpc) is 2.45. The van der Waals surface area contributed by atoms with Crippen LogP contribution in [0.5, 0.6) is 5.88 Å². The van der Waals surface area contributed by atoms with Crippen LogP contribution in [0.1, 0.15) is 13.8 Å². The topological polar surface area (TPSA) is 69.2 Å². The van der Waals surface area contributed by atoms with Gasteiger partial charge in [0.1, 0.15) is 0 Å². The highest BCUT2D eigenvalue weighted by atomic mass is 32.2. The van der Waals surface area contributed by atoms with Crippen LogP contribution in [-0.2, 0) is 9.84 Å². The molecule has 0 saturated carbocycles. The zero-order valence-electron chi connectivity index (χ0n) is 12.3. The van der Waals surface area contributed by atoms with Crippen molar-refractivity contribution in [3.8, 4) is 17.1 Å². The molecule has 0 saturated heterocycles. The van der Waals surface area contributed by atoms with Gasteiger partial charge in [0, 0.05) is 11.8 Å². The lowest BCUT2D eigenvalue weighted by molar-refractivity contribution is 0.260. The van der Waals surface area contributed by atoms with Crippen LogP contribution in [0.3, 0.4) is 0 Å². The summed E-state index contributed by atoms with van der Waals surface area (Å²) in [6.45, 7) is 4.69. The summed E-state index contributed by atoms with van der Waals surface area (Å²) >= 11 is 0. The number of benzene rings is 1. The van der Waals surface area contributed by atoms with Crippen LogP contribution >= 0.6 is 0 Å². The van der Waals surface area contributed by atoms with Crippen molar-refractivity contribution in [2.45, 2.75) is 18.7 Å². The van der Waals surface area contributed by atoms with E-state index in [2.05, 4.69) is 23.8 Å². The summed E-state index contributed by atoms with van der Waals surface area (Å²) in [5.74, 6) is 0.873. The van der Waals surface area contributed by atoms with Gasteiger partial charge in [0.05, 0.1) is 29.6 Å². The molecular formula is C15H18N2O3S. The fourth-order valence-corrected chi connectivity index (χ4v) is 2.31. The number of rotatable bonds is 5. The molecule has 112 valence electrons. The van der Waals surface area contributed by atoms with Crippen molar-refractivity contribution in [1.29, 1.82) is 0 Å². The molecule has 2 rings (SSSR count). The van der Waals surface area contributed by atoms with Crippen molar-refractivity contribution in [3.05, 3.63) is 36.7 Å². The van der Waals surface area contributed by atoms with Crippen LogP contribution in [0.15, 0.2) is 41.6 Å². The molecule has 0 N–H and O–H groups in total. The van der Waals surface area contributed by atoms with E-state index in [4.69, 9.17) is 4.74 Å². The molecule has 1 aromatic heterocycles. The molecule has 21 heavy (non-hydrogen) atoms. The van der Waals surface area contributed by atoms with Crippen LogP contribution in [0, 0.1) is 5.92 Å². The van der Waals surface area contributed by atoms with Gasteiger partial charge in [-0.2, -0.15) is 0 Å².